The molecule has 7 heteroatoms. The first-order chi connectivity index (χ1) is 9.56. The molecular weight excluding hydrogens is 267 g/mol. The van der Waals surface area contributed by atoms with Crippen molar-refractivity contribution in [1.29, 1.82) is 0 Å². The van der Waals surface area contributed by atoms with Gasteiger partial charge in [0, 0.05) is 6.42 Å². The van der Waals surface area contributed by atoms with Gasteiger partial charge in [0.25, 0.3) is 5.91 Å². The second kappa shape index (κ2) is 6.14. The number of ether oxygens (including phenoxy) is 1. The first-order valence-electron chi connectivity index (χ1n) is 6.06. The van der Waals surface area contributed by atoms with E-state index in [9.17, 15) is 18.8 Å². The third kappa shape index (κ3) is 3.53. The molecule has 0 spiro atoms. The van der Waals surface area contributed by atoms with Crippen LogP contribution < -0.4 is 10.6 Å². The van der Waals surface area contributed by atoms with Crippen molar-refractivity contribution in [2.45, 2.75) is 18.9 Å². The highest BCUT2D eigenvalue weighted by atomic mass is 19.1. The molecule has 0 bridgehead atoms. The van der Waals surface area contributed by atoms with Crippen molar-refractivity contribution in [2.24, 2.45) is 0 Å². The summed E-state index contributed by atoms with van der Waals surface area (Å²) in [6, 6.07) is 4.96. The summed E-state index contributed by atoms with van der Waals surface area (Å²) < 4.78 is 18.0. The largest absolute Gasteiger partial charge is 0.454 e. The minimum Gasteiger partial charge on any atom is -0.454 e. The Bertz CT molecular complexity index is 547. The quantitative estimate of drug-likeness (QED) is 0.790. The van der Waals surface area contributed by atoms with E-state index in [-0.39, 0.29) is 18.0 Å². The van der Waals surface area contributed by atoms with Crippen LogP contribution >= 0.6 is 0 Å². The molecule has 1 aliphatic rings. The molecule has 1 atom stereocenters. The van der Waals surface area contributed by atoms with E-state index in [0.717, 1.165) is 0 Å². The van der Waals surface area contributed by atoms with Crippen molar-refractivity contribution < 1.29 is 23.5 Å². The number of amides is 2. The molecule has 0 radical (unpaired) electrons. The molecule has 0 aromatic heterocycles. The second-order valence-electron chi connectivity index (χ2n) is 4.29. The molecule has 6 nitrogen and oxygen atoms in total. The molecule has 1 aromatic carbocycles. The van der Waals surface area contributed by atoms with E-state index in [0.29, 0.717) is 6.42 Å². The summed E-state index contributed by atoms with van der Waals surface area (Å²) in [4.78, 5) is 34.0. The van der Waals surface area contributed by atoms with E-state index < -0.39 is 30.3 Å². The number of carbonyl (C=O) groups excluding carboxylic acids is 3. The fourth-order valence-electron chi connectivity index (χ4n) is 1.78. The molecule has 2 amide bonds. The van der Waals surface area contributed by atoms with Crippen LogP contribution in [0.2, 0.25) is 0 Å². The molecule has 2 rings (SSSR count). The lowest BCUT2D eigenvalue weighted by molar-refractivity contribution is -0.149. The number of hydrogen-bond donors (Lipinski definition) is 2. The Morgan fingerprint density at radius 1 is 1.40 bits per heavy atom. The molecular formula is C13H13FN2O4. The average molecular weight is 280 g/mol. The van der Waals surface area contributed by atoms with Crippen LogP contribution in [0.4, 0.5) is 10.1 Å². The maximum Gasteiger partial charge on any atom is 0.329 e. The number of hydrogen-bond acceptors (Lipinski definition) is 4. The Balaban J connectivity index is 1.79. The van der Waals surface area contributed by atoms with Crippen molar-refractivity contribution in [3.05, 3.63) is 30.1 Å². The Labute approximate surface area is 114 Å². The normalized spacial score (nSPS) is 17.4. The van der Waals surface area contributed by atoms with Crippen molar-refractivity contribution in [3.8, 4) is 0 Å². The number of anilines is 1. The molecule has 1 saturated heterocycles. The SMILES string of the molecule is O=C(COC(=O)[C@H]1CCC(=O)N1)Nc1ccccc1F. The summed E-state index contributed by atoms with van der Waals surface area (Å²) in [6.45, 7) is -0.528. The number of para-hydroxylation sites is 1. The van der Waals surface area contributed by atoms with Crippen LogP contribution in [-0.4, -0.2) is 30.4 Å². The van der Waals surface area contributed by atoms with Gasteiger partial charge in [0.15, 0.2) is 6.61 Å². The van der Waals surface area contributed by atoms with E-state index in [2.05, 4.69) is 10.6 Å². The van der Waals surface area contributed by atoms with Crippen LogP contribution in [0.25, 0.3) is 0 Å². The van der Waals surface area contributed by atoms with Gasteiger partial charge in [-0.05, 0) is 18.6 Å². The standard InChI is InChI=1S/C13H13FN2O4/c14-8-3-1-2-4-9(8)15-12(18)7-20-13(19)10-5-6-11(17)16-10/h1-4,10H,5-7H2,(H,15,18)(H,16,17)/t10-/m1/s1. The minimum absolute atomic E-state index is 0.0164. The van der Waals surface area contributed by atoms with Gasteiger partial charge in [-0.3, -0.25) is 9.59 Å². The fraction of sp³-hybridized carbons (Fsp3) is 0.308. The van der Waals surface area contributed by atoms with Crippen molar-refractivity contribution in [3.63, 3.8) is 0 Å². The predicted molar refractivity (Wildman–Crippen MR) is 67.2 cm³/mol. The molecule has 1 aromatic rings. The highest BCUT2D eigenvalue weighted by Gasteiger charge is 2.28. The molecule has 1 heterocycles. The number of rotatable bonds is 4. The monoisotopic (exact) mass is 280 g/mol. The molecule has 1 aliphatic heterocycles. The van der Waals surface area contributed by atoms with Gasteiger partial charge in [-0.2, -0.15) is 0 Å². The van der Waals surface area contributed by atoms with Gasteiger partial charge < -0.3 is 15.4 Å². The van der Waals surface area contributed by atoms with Crippen LogP contribution in [0.3, 0.4) is 0 Å². The fourth-order valence-corrected chi connectivity index (χ4v) is 1.78. The first kappa shape index (κ1) is 14.0. The molecule has 0 aliphatic carbocycles. The van der Waals surface area contributed by atoms with Crippen molar-refractivity contribution in [2.75, 3.05) is 11.9 Å². The number of carbonyl (C=O) groups is 3. The smallest absolute Gasteiger partial charge is 0.329 e. The Morgan fingerprint density at radius 2 is 2.15 bits per heavy atom. The molecule has 20 heavy (non-hydrogen) atoms. The summed E-state index contributed by atoms with van der Waals surface area (Å²) in [5, 5.41) is 4.72. The highest BCUT2D eigenvalue weighted by Crippen LogP contribution is 2.12. The van der Waals surface area contributed by atoms with Gasteiger partial charge in [0.2, 0.25) is 5.91 Å². The molecule has 0 saturated carbocycles. The Hall–Kier alpha value is -2.44. The minimum atomic E-state index is -0.705. The van der Waals surface area contributed by atoms with Gasteiger partial charge in [-0.1, -0.05) is 12.1 Å². The number of esters is 1. The van der Waals surface area contributed by atoms with E-state index in [1.165, 1.54) is 18.2 Å². The summed E-state index contributed by atoms with van der Waals surface area (Å²) in [7, 11) is 0. The lowest BCUT2D eigenvalue weighted by Crippen LogP contribution is -2.36. The van der Waals surface area contributed by atoms with Crippen LogP contribution in [0.5, 0.6) is 0 Å². The van der Waals surface area contributed by atoms with Crippen LogP contribution in [0.1, 0.15) is 12.8 Å². The van der Waals surface area contributed by atoms with Gasteiger partial charge >= 0.3 is 5.97 Å². The first-order valence-corrected chi connectivity index (χ1v) is 6.06. The maximum absolute atomic E-state index is 13.3. The second-order valence-corrected chi connectivity index (χ2v) is 4.29. The van der Waals surface area contributed by atoms with Gasteiger partial charge in [-0.25, -0.2) is 9.18 Å². The predicted octanol–water partition coefficient (Wildman–Crippen LogP) is 0.586. The summed E-state index contributed by atoms with van der Waals surface area (Å²) in [5.74, 6) is -2.11. The summed E-state index contributed by atoms with van der Waals surface area (Å²) in [6.07, 6.45) is 0.619. The lowest BCUT2D eigenvalue weighted by atomic mass is 10.2. The Morgan fingerprint density at radius 3 is 2.80 bits per heavy atom. The van der Waals surface area contributed by atoms with E-state index in [1.807, 2.05) is 0 Å². The van der Waals surface area contributed by atoms with E-state index >= 15 is 0 Å². The van der Waals surface area contributed by atoms with Crippen LogP contribution in [-0.2, 0) is 19.1 Å². The Kier molecular flexibility index (Phi) is 4.29. The third-order valence-corrected chi connectivity index (χ3v) is 2.77. The van der Waals surface area contributed by atoms with Gasteiger partial charge in [-0.15, -0.1) is 0 Å². The average Bonchev–Trinajstić information content (AvgIpc) is 2.85. The molecule has 1 fully saturated rings. The van der Waals surface area contributed by atoms with Crippen molar-refractivity contribution in [1.82, 2.24) is 5.32 Å². The molecule has 106 valence electrons. The zero-order valence-electron chi connectivity index (χ0n) is 10.5. The third-order valence-electron chi connectivity index (χ3n) is 2.77. The van der Waals surface area contributed by atoms with Gasteiger partial charge in [0.1, 0.15) is 11.9 Å². The number of benzene rings is 1. The summed E-state index contributed by atoms with van der Waals surface area (Å²) in [5.41, 5.74) is 0.0164. The van der Waals surface area contributed by atoms with E-state index in [1.54, 1.807) is 6.07 Å². The topological polar surface area (TPSA) is 84.5 Å². The van der Waals surface area contributed by atoms with E-state index in [4.69, 9.17) is 4.74 Å². The van der Waals surface area contributed by atoms with Crippen molar-refractivity contribution >= 4 is 23.5 Å². The van der Waals surface area contributed by atoms with Gasteiger partial charge in [0.05, 0.1) is 5.69 Å². The number of nitrogens with one attached hydrogen (secondary N) is 2. The van der Waals surface area contributed by atoms with Crippen LogP contribution in [0.15, 0.2) is 24.3 Å². The summed E-state index contributed by atoms with van der Waals surface area (Å²) >= 11 is 0. The number of halogens is 1. The highest BCUT2D eigenvalue weighted by molar-refractivity contribution is 5.94. The molecule has 0 unspecified atom stereocenters. The zero-order valence-corrected chi connectivity index (χ0v) is 10.5. The zero-order chi connectivity index (χ0) is 14.5. The van der Waals surface area contributed by atoms with Crippen LogP contribution in [0, 0.1) is 5.82 Å². The lowest BCUT2D eigenvalue weighted by Gasteiger charge is -2.10. The maximum atomic E-state index is 13.3. The molecule has 2 N–H and O–H groups in total.